The highest BCUT2D eigenvalue weighted by Crippen LogP contribution is 2.23. The highest BCUT2D eigenvalue weighted by Gasteiger charge is 2.24. The minimum absolute atomic E-state index is 0.201. The first-order valence-electron chi connectivity index (χ1n) is 6.99. The van der Waals surface area contributed by atoms with Crippen LogP contribution in [0.4, 0.5) is 8.78 Å². The van der Waals surface area contributed by atoms with Gasteiger partial charge in [-0.1, -0.05) is 31.0 Å². The lowest BCUT2D eigenvalue weighted by atomic mass is 9.92. The molecular formula is C15H21F2NO2. The topological polar surface area (TPSA) is 30.5 Å². The second kappa shape index (κ2) is 7.55. The third-order valence-electron chi connectivity index (χ3n) is 3.75. The minimum atomic E-state index is -2.79. The summed E-state index contributed by atoms with van der Waals surface area (Å²) in [7, 11) is 1.72. The lowest BCUT2D eigenvalue weighted by Crippen LogP contribution is -2.42. The first-order valence-corrected chi connectivity index (χ1v) is 6.99. The maximum Gasteiger partial charge on any atom is 0.387 e. The van der Waals surface area contributed by atoms with Crippen LogP contribution in [0.25, 0.3) is 0 Å². The van der Waals surface area contributed by atoms with E-state index in [1.807, 2.05) is 6.07 Å². The molecule has 0 aromatic heterocycles. The molecule has 1 aromatic rings. The predicted octanol–water partition coefficient (Wildman–Crippen LogP) is 3.34. The molecule has 0 radical (unpaired) electrons. The molecule has 20 heavy (non-hydrogen) atoms. The van der Waals surface area contributed by atoms with E-state index in [9.17, 15) is 8.78 Å². The molecule has 1 aliphatic carbocycles. The predicted molar refractivity (Wildman–Crippen MR) is 73.0 cm³/mol. The molecule has 112 valence electrons. The quantitative estimate of drug-likeness (QED) is 0.869. The number of ether oxygens (including phenoxy) is 2. The Kier molecular flexibility index (Phi) is 5.73. The number of halogens is 2. The molecule has 1 aliphatic rings. The Bertz CT molecular complexity index is 415. The average molecular weight is 285 g/mol. The van der Waals surface area contributed by atoms with Crippen LogP contribution >= 0.6 is 0 Å². The van der Waals surface area contributed by atoms with Crippen LogP contribution in [0.5, 0.6) is 5.75 Å². The molecule has 0 spiro atoms. The smallest absolute Gasteiger partial charge is 0.387 e. The molecule has 0 saturated heterocycles. The maximum absolute atomic E-state index is 12.3. The monoisotopic (exact) mass is 285 g/mol. The average Bonchev–Trinajstić information content (AvgIpc) is 2.46. The lowest BCUT2D eigenvalue weighted by Gasteiger charge is -2.31. The van der Waals surface area contributed by atoms with Crippen LogP contribution in [0, 0.1) is 0 Å². The van der Waals surface area contributed by atoms with Crippen molar-refractivity contribution in [3.05, 3.63) is 29.8 Å². The third-order valence-corrected chi connectivity index (χ3v) is 3.75. The van der Waals surface area contributed by atoms with Crippen molar-refractivity contribution in [1.29, 1.82) is 0 Å². The van der Waals surface area contributed by atoms with Crippen molar-refractivity contribution >= 4 is 0 Å². The van der Waals surface area contributed by atoms with Crippen molar-refractivity contribution in [1.82, 2.24) is 5.32 Å². The summed E-state index contributed by atoms with van der Waals surface area (Å²) in [5, 5.41) is 3.40. The van der Waals surface area contributed by atoms with Gasteiger partial charge >= 0.3 is 6.61 Å². The van der Waals surface area contributed by atoms with Crippen LogP contribution in [-0.4, -0.2) is 25.9 Å². The van der Waals surface area contributed by atoms with Crippen molar-refractivity contribution in [2.24, 2.45) is 0 Å². The molecule has 0 heterocycles. The van der Waals surface area contributed by atoms with E-state index < -0.39 is 6.61 Å². The van der Waals surface area contributed by atoms with Gasteiger partial charge in [-0.15, -0.1) is 0 Å². The Hall–Kier alpha value is -1.20. The summed E-state index contributed by atoms with van der Waals surface area (Å²) in [5.41, 5.74) is 0.744. The molecule has 3 nitrogen and oxygen atoms in total. The number of hydrogen-bond acceptors (Lipinski definition) is 3. The Morgan fingerprint density at radius 2 is 2.00 bits per heavy atom. The molecule has 0 bridgehead atoms. The number of rotatable bonds is 6. The Morgan fingerprint density at radius 3 is 2.75 bits per heavy atom. The van der Waals surface area contributed by atoms with Crippen LogP contribution in [-0.2, 0) is 11.3 Å². The third kappa shape index (κ3) is 4.15. The van der Waals surface area contributed by atoms with Crippen molar-refractivity contribution in [2.45, 2.75) is 51.0 Å². The van der Waals surface area contributed by atoms with Crippen molar-refractivity contribution in [2.75, 3.05) is 7.11 Å². The summed E-state index contributed by atoms with van der Waals surface area (Å²) in [6.07, 6.45) is 4.65. The molecule has 5 heteroatoms. The van der Waals surface area contributed by atoms with Gasteiger partial charge in [0.05, 0.1) is 6.10 Å². The van der Waals surface area contributed by atoms with E-state index >= 15 is 0 Å². The molecule has 2 unspecified atom stereocenters. The summed E-state index contributed by atoms with van der Waals surface area (Å²) in [6, 6.07) is 7.16. The number of hydrogen-bond donors (Lipinski definition) is 1. The van der Waals surface area contributed by atoms with E-state index in [-0.39, 0.29) is 17.9 Å². The van der Waals surface area contributed by atoms with Gasteiger partial charge in [-0.3, -0.25) is 0 Å². The van der Waals surface area contributed by atoms with Gasteiger partial charge < -0.3 is 14.8 Å². The van der Waals surface area contributed by atoms with E-state index in [1.165, 1.54) is 12.8 Å². The van der Waals surface area contributed by atoms with Crippen molar-refractivity contribution < 1.29 is 18.3 Å². The summed E-state index contributed by atoms with van der Waals surface area (Å²) in [4.78, 5) is 0. The van der Waals surface area contributed by atoms with Crippen LogP contribution in [0.3, 0.4) is 0 Å². The normalized spacial score (nSPS) is 23.0. The fourth-order valence-corrected chi connectivity index (χ4v) is 2.71. The van der Waals surface area contributed by atoms with Gasteiger partial charge in [-0.2, -0.15) is 8.78 Å². The van der Waals surface area contributed by atoms with E-state index in [0.717, 1.165) is 18.4 Å². The summed E-state index contributed by atoms with van der Waals surface area (Å²) in [5.74, 6) is 0.236. The van der Waals surface area contributed by atoms with Gasteiger partial charge in [0, 0.05) is 25.3 Å². The molecule has 2 rings (SSSR count). The summed E-state index contributed by atoms with van der Waals surface area (Å²) < 4.78 is 34.7. The molecule has 0 aliphatic heterocycles. The number of benzene rings is 1. The van der Waals surface area contributed by atoms with E-state index in [4.69, 9.17) is 4.74 Å². The first kappa shape index (κ1) is 15.2. The lowest BCUT2D eigenvalue weighted by molar-refractivity contribution is -0.0505. The molecule has 1 saturated carbocycles. The van der Waals surface area contributed by atoms with E-state index in [0.29, 0.717) is 6.54 Å². The fraction of sp³-hybridized carbons (Fsp3) is 0.600. The fourth-order valence-electron chi connectivity index (χ4n) is 2.71. The molecule has 2 atom stereocenters. The van der Waals surface area contributed by atoms with Gasteiger partial charge in [0.15, 0.2) is 0 Å². The highest BCUT2D eigenvalue weighted by atomic mass is 19.3. The van der Waals surface area contributed by atoms with Crippen molar-refractivity contribution in [3.63, 3.8) is 0 Å². The molecule has 1 aromatic carbocycles. The first-order chi connectivity index (χ1) is 9.70. The zero-order chi connectivity index (χ0) is 14.4. The molecular weight excluding hydrogens is 264 g/mol. The van der Waals surface area contributed by atoms with Crippen LogP contribution < -0.4 is 10.1 Å². The SMILES string of the molecule is COC1CCCCC1NCc1ccccc1OC(F)F. The van der Waals surface area contributed by atoms with Gasteiger partial charge in [-0.05, 0) is 18.9 Å². The largest absolute Gasteiger partial charge is 0.434 e. The van der Waals surface area contributed by atoms with Crippen molar-refractivity contribution in [3.8, 4) is 5.75 Å². The van der Waals surface area contributed by atoms with Gasteiger partial charge in [0.2, 0.25) is 0 Å². The molecule has 0 amide bonds. The van der Waals surface area contributed by atoms with Gasteiger partial charge in [0.1, 0.15) is 5.75 Å². The van der Waals surface area contributed by atoms with Gasteiger partial charge in [0.25, 0.3) is 0 Å². The number of para-hydroxylation sites is 1. The highest BCUT2D eigenvalue weighted by molar-refractivity contribution is 5.33. The Morgan fingerprint density at radius 1 is 1.25 bits per heavy atom. The van der Waals surface area contributed by atoms with E-state index in [1.54, 1.807) is 25.3 Å². The Balaban J connectivity index is 1.96. The summed E-state index contributed by atoms with van der Waals surface area (Å²) >= 11 is 0. The number of nitrogens with one attached hydrogen (secondary N) is 1. The van der Waals surface area contributed by atoms with E-state index in [2.05, 4.69) is 10.1 Å². The standard InChI is InChI=1S/C15H21F2NO2/c1-19-14-9-5-3-7-12(14)18-10-11-6-2-4-8-13(11)20-15(16)17/h2,4,6,8,12,14-15,18H,3,5,7,9-10H2,1H3. The van der Waals surface area contributed by atoms with Crippen LogP contribution in [0.15, 0.2) is 24.3 Å². The summed E-state index contributed by atoms with van der Waals surface area (Å²) in [6.45, 7) is -2.29. The zero-order valence-electron chi connectivity index (χ0n) is 11.6. The maximum atomic E-state index is 12.3. The van der Waals surface area contributed by atoms with Crippen LogP contribution in [0.2, 0.25) is 0 Å². The second-order valence-corrected chi connectivity index (χ2v) is 5.03. The van der Waals surface area contributed by atoms with Gasteiger partial charge in [-0.25, -0.2) is 0 Å². The number of methoxy groups -OCH3 is 1. The molecule has 1 fully saturated rings. The Labute approximate surface area is 118 Å². The zero-order valence-corrected chi connectivity index (χ0v) is 11.6. The molecule has 1 N–H and O–H groups in total. The minimum Gasteiger partial charge on any atom is -0.434 e. The number of alkyl halides is 2. The second-order valence-electron chi connectivity index (χ2n) is 5.03. The van der Waals surface area contributed by atoms with Crippen LogP contribution in [0.1, 0.15) is 31.2 Å².